The van der Waals surface area contributed by atoms with Crippen LogP contribution in [0.5, 0.6) is 11.5 Å². The fourth-order valence-electron chi connectivity index (χ4n) is 3.06. The number of hydrogen-bond acceptors (Lipinski definition) is 4. The summed E-state index contributed by atoms with van der Waals surface area (Å²) in [4.78, 5) is 4.97. The Balaban J connectivity index is 2.05. The molecule has 6 heteroatoms. The van der Waals surface area contributed by atoms with Crippen LogP contribution in [0, 0.1) is 6.92 Å². The lowest BCUT2D eigenvalue weighted by atomic mass is 9.97. The molecule has 0 spiro atoms. The largest absolute Gasteiger partial charge is 0.497 e. The maximum atomic E-state index is 8.55. The highest BCUT2D eigenvalue weighted by Crippen LogP contribution is 2.42. The van der Waals surface area contributed by atoms with E-state index in [9.17, 15) is 0 Å². The number of hydrogen-bond donors (Lipinski definition) is 0. The molecule has 0 saturated carbocycles. The molecular formula is C18H20N4O2. The lowest BCUT2D eigenvalue weighted by Gasteiger charge is -2.34. The second kappa shape index (κ2) is 6.72. The summed E-state index contributed by atoms with van der Waals surface area (Å²) in [5.41, 5.74) is 12.8. The minimum atomic E-state index is -0.155. The van der Waals surface area contributed by atoms with Gasteiger partial charge in [-0.1, -0.05) is 23.3 Å². The molecule has 0 aliphatic carbocycles. The van der Waals surface area contributed by atoms with E-state index in [-0.39, 0.29) is 6.10 Å². The molecule has 1 unspecified atom stereocenters. The second-order valence-corrected chi connectivity index (χ2v) is 5.87. The number of para-hydroxylation sites is 1. The van der Waals surface area contributed by atoms with Gasteiger partial charge in [-0.05, 0) is 41.8 Å². The van der Waals surface area contributed by atoms with Gasteiger partial charge in [0.1, 0.15) is 11.9 Å². The number of fused-ring (bicyclic) bond motifs is 1. The summed E-state index contributed by atoms with van der Waals surface area (Å²) in [6.07, 6.45) is -0.155. The van der Waals surface area contributed by atoms with Gasteiger partial charge >= 0.3 is 0 Å². The van der Waals surface area contributed by atoms with Gasteiger partial charge in [-0.2, -0.15) is 0 Å². The van der Waals surface area contributed by atoms with Crippen LogP contribution < -0.4 is 14.4 Å². The van der Waals surface area contributed by atoms with E-state index in [0.717, 1.165) is 33.9 Å². The van der Waals surface area contributed by atoms with Gasteiger partial charge in [0.2, 0.25) is 0 Å². The Morgan fingerprint density at radius 1 is 1.33 bits per heavy atom. The van der Waals surface area contributed by atoms with Crippen LogP contribution in [-0.4, -0.2) is 33.4 Å². The van der Waals surface area contributed by atoms with Crippen molar-refractivity contribution in [3.8, 4) is 22.6 Å². The summed E-state index contributed by atoms with van der Waals surface area (Å²) in [5, 5.41) is 3.66. The van der Waals surface area contributed by atoms with Gasteiger partial charge in [-0.15, -0.1) is 0 Å². The first-order valence-electron chi connectivity index (χ1n) is 7.80. The van der Waals surface area contributed by atoms with E-state index in [1.165, 1.54) is 0 Å². The number of rotatable bonds is 4. The minimum Gasteiger partial charge on any atom is -0.497 e. The third kappa shape index (κ3) is 2.96. The Hall–Kier alpha value is -2.85. The number of ether oxygens (including phenoxy) is 2. The third-order valence-corrected chi connectivity index (χ3v) is 4.24. The summed E-state index contributed by atoms with van der Waals surface area (Å²) in [6, 6.07) is 12.1. The molecule has 1 aliphatic heterocycles. The normalized spacial score (nSPS) is 16.0. The smallest absolute Gasteiger partial charge is 0.150 e. The van der Waals surface area contributed by atoms with Crippen LogP contribution in [0.3, 0.4) is 0 Å². The first-order valence-corrected chi connectivity index (χ1v) is 7.80. The van der Waals surface area contributed by atoms with E-state index < -0.39 is 0 Å². The summed E-state index contributed by atoms with van der Waals surface area (Å²) < 4.78 is 11.5. The predicted octanol–water partition coefficient (Wildman–Crippen LogP) is 4.18. The van der Waals surface area contributed by atoms with Crippen LogP contribution in [0.15, 0.2) is 41.5 Å². The highest BCUT2D eigenvalue weighted by molar-refractivity contribution is 5.81. The number of nitrogens with zero attached hydrogens (tertiary/aromatic N) is 4. The van der Waals surface area contributed by atoms with Gasteiger partial charge in [0, 0.05) is 17.5 Å². The van der Waals surface area contributed by atoms with Crippen molar-refractivity contribution in [3.05, 3.63) is 52.4 Å². The molecule has 1 heterocycles. The average molecular weight is 324 g/mol. The maximum Gasteiger partial charge on any atom is 0.150 e. The number of methoxy groups -OCH3 is 1. The van der Waals surface area contributed by atoms with E-state index in [1.807, 2.05) is 37.4 Å². The van der Waals surface area contributed by atoms with E-state index in [1.54, 1.807) is 7.11 Å². The Labute approximate surface area is 141 Å². The van der Waals surface area contributed by atoms with Crippen LogP contribution in [0.2, 0.25) is 0 Å². The highest BCUT2D eigenvalue weighted by Gasteiger charge is 2.26. The van der Waals surface area contributed by atoms with E-state index in [2.05, 4.69) is 27.9 Å². The molecule has 0 radical (unpaired) electrons. The van der Waals surface area contributed by atoms with Gasteiger partial charge in [-0.3, -0.25) is 0 Å². The Bertz CT molecular complexity index is 800. The monoisotopic (exact) mass is 324 g/mol. The Morgan fingerprint density at radius 2 is 2.17 bits per heavy atom. The predicted molar refractivity (Wildman–Crippen MR) is 94.9 cm³/mol. The van der Waals surface area contributed by atoms with Crippen LogP contribution in [-0.2, 0) is 0 Å². The van der Waals surface area contributed by atoms with Crippen molar-refractivity contribution in [2.45, 2.75) is 13.0 Å². The molecule has 1 atom stereocenters. The number of benzene rings is 2. The van der Waals surface area contributed by atoms with Gasteiger partial charge in [0.15, 0.2) is 5.75 Å². The number of anilines is 1. The minimum absolute atomic E-state index is 0.155. The van der Waals surface area contributed by atoms with Crippen LogP contribution >= 0.6 is 0 Å². The van der Waals surface area contributed by atoms with Crippen molar-refractivity contribution < 1.29 is 9.47 Å². The Morgan fingerprint density at radius 3 is 2.88 bits per heavy atom. The van der Waals surface area contributed by atoms with E-state index >= 15 is 0 Å². The average Bonchev–Trinajstić information content (AvgIpc) is 2.59. The first kappa shape index (κ1) is 16.0. The zero-order chi connectivity index (χ0) is 17.1. The zero-order valence-electron chi connectivity index (χ0n) is 14.1. The fraction of sp³-hybridized carbons (Fsp3) is 0.333. The fourth-order valence-corrected chi connectivity index (χ4v) is 3.06. The first-order chi connectivity index (χ1) is 11.6. The molecule has 0 amide bonds. The van der Waals surface area contributed by atoms with E-state index in [0.29, 0.717) is 13.1 Å². The lowest BCUT2D eigenvalue weighted by Crippen LogP contribution is -2.39. The molecular weight excluding hydrogens is 304 g/mol. The lowest BCUT2D eigenvalue weighted by molar-refractivity contribution is 0.205. The van der Waals surface area contributed by atoms with Crippen LogP contribution in [0.4, 0.5) is 5.69 Å². The molecule has 0 N–H and O–H groups in total. The third-order valence-electron chi connectivity index (χ3n) is 4.24. The second-order valence-electron chi connectivity index (χ2n) is 5.87. The summed E-state index contributed by atoms with van der Waals surface area (Å²) in [7, 11) is 3.69. The van der Waals surface area contributed by atoms with Gasteiger partial charge in [0.25, 0.3) is 0 Å². The Kier molecular flexibility index (Phi) is 4.49. The molecule has 1 aliphatic rings. The van der Waals surface area contributed by atoms with Gasteiger partial charge in [0.05, 0.1) is 25.9 Å². The van der Waals surface area contributed by atoms with E-state index in [4.69, 9.17) is 15.0 Å². The molecule has 2 aromatic carbocycles. The molecule has 0 fully saturated rings. The molecule has 0 saturated heterocycles. The van der Waals surface area contributed by atoms with Gasteiger partial charge in [-0.25, -0.2) is 0 Å². The molecule has 2 aromatic rings. The van der Waals surface area contributed by atoms with Crippen molar-refractivity contribution in [1.82, 2.24) is 0 Å². The van der Waals surface area contributed by atoms with Crippen molar-refractivity contribution >= 4 is 5.69 Å². The summed E-state index contributed by atoms with van der Waals surface area (Å²) in [6.45, 7) is 3.06. The topological polar surface area (TPSA) is 70.5 Å². The number of azide groups is 1. The zero-order valence-corrected chi connectivity index (χ0v) is 14.1. The maximum absolute atomic E-state index is 8.55. The van der Waals surface area contributed by atoms with Gasteiger partial charge < -0.3 is 14.4 Å². The molecule has 24 heavy (non-hydrogen) atoms. The molecule has 6 nitrogen and oxygen atoms in total. The van der Waals surface area contributed by atoms with Crippen LogP contribution in [0.25, 0.3) is 21.6 Å². The number of aryl methyl sites for hydroxylation is 1. The molecule has 0 aromatic heterocycles. The van der Waals surface area contributed by atoms with Crippen molar-refractivity contribution in [1.29, 1.82) is 0 Å². The summed E-state index contributed by atoms with van der Waals surface area (Å²) >= 11 is 0. The molecule has 3 rings (SSSR count). The standard InChI is InChI=1S/C18H20N4O2/c1-12-9-13(23-3)7-8-15(12)16-5-4-6-17-18(16)24-14(10-20-21-19)11-22(17)2/h4-9,14H,10-11H2,1-3H3. The SMILES string of the molecule is COc1ccc(-c2cccc3c2OC(CN=[N+]=[N-])CN3C)c(C)c1. The number of likely N-dealkylation sites (N-methyl/N-ethyl adjacent to an activating group) is 1. The highest BCUT2D eigenvalue weighted by atomic mass is 16.5. The van der Waals surface area contributed by atoms with Crippen LogP contribution in [0.1, 0.15) is 5.56 Å². The molecule has 124 valence electrons. The summed E-state index contributed by atoms with van der Waals surface area (Å²) in [5.74, 6) is 1.66. The van der Waals surface area contributed by atoms with Crippen molar-refractivity contribution in [2.24, 2.45) is 5.11 Å². The van der Waals surface area contributed by atoms with Crippen molar-refractivity contribution in [2.75, 3.05) is 32.1 Å². The quantitative estimate of drug-likeness (QED) is 0.481. The van der Waals surface area contributed by atoms with Crippen molar-refractivity contribution in [3.63, 3.8) is 0 Å². The molecule has 0 bridgehead atoms.